The van der Waals surface area contributed by atoms with Crippen molar-refractivity contribution >= 4 is 17.6 Å². The Balaban J connectivity index is 2.30. The van der Waals surface area contributed by atoms with Crippen molar-refractivity contribution in [3.8, 4) is 0 Å². The van der Waals surface area contributed by atoms with E-state index in [1.807, 2.05) is 0 Å². The van der Waals surface area contributed by atoms with E-state index in [9.17, 15) is 24.1 Å². The molecule has 0 saturated carbocycles. The lowest BCUT2D eigenvalue weighted by Crippen LogP contribution is -2.30. The molecule has 0 bridgehead atoms. The smallest absolute Gasteiger partial charge is 0.308 e. The van der Waals surface area contributed by atoms with Crippen LogP contribution in [0.4, 0.5) is 10.1 Å². The summed E-state index contributed by atoms with van der Waals surface area (Å²) in [6.45, 7) is 1.89. The van der Waals surface area contributed by atoms with Crippen molar-refractivity contribution < 1.29 is 24.0 Å². The molecule has 1 aliphatic rings. The Hall–Kier alpha value is -2.51. The fourth-order valence-corrected chi connectivity index (χ4v) is 2.46. The largest absolute Gasteiger partial charge is 0.481 e. The fourth-order valence-electron chi connectivity index (χ4n) is 2.46. The van der Waals surface area contributed by atoms with Gasteiger partial charge in [0, 0.05) is 13.1 Å². The van der Waals surface area contributed by atoms with Crippen LogP contribution < -0.4 is 0 Å². The molecule has 1 N–H and O–H groups in total. The molecule has 0 radical (unpaired) electrons. The van der Waals surface area contributed by atoms with Crippen molar-refractivity contribution in [3.05, 3.63) is 39.7 Å². The van der Waals surface area contributed by atoms with Gasteiger partial charge in [0.15, 0.2) is 0 Å². The van der Waals surface area contributed by atoms with Crippen LogP contribution in [0, 0.1) is 27.8 Å². The summed E-state index contributed by atoms with van der Waals surface area (Å²) in [4.78, 5) is 34.7. The van der Waals surface area contributed by atoms with Crippen LogP contribution in [0.1, 0.15) is 17.3 Å². The number of halogens is 1. The first-order chi connectivity index (χ1) is 9.81. The van der Waals surface area contributed by atoms with E-state index in [1.165, 1.54) is 4.90 Å². The highest BCUT2D eigenvalue weighted by atomic mass is 19.1. The highest BCUT2D eigenvalue weighted by molar-refractivity contribution is 5.98. The third kappa shape index (κ3) is 2.83. The van der Waals surface area contributed by atoms with Crippen LogP contribution in [-0.4, -0.2) is 39.9 Å². The summed E-state index contributed by atoms with van der Waals surface area (Å²) in [5, 5.41) is 19.9. The first-order valence-electron chi connectivity index (χ1n) is 6.27. The number of carboxylic acids is 1. The summed E-state index contributed by atoms with van der Waals surface area (Å²) in [6, 6.07) is 2.70. The van der Waals surface area contributed by atoms with Gasteiger partial charge in [-0.05, 0) is 18.1 Å². The van der Waals surface area contributed by atoms with Crippen molar-refractivity contribution in [2.75, 3.05) is 13.1 Å². The highest BCUT2D eigenvalue weighted by Crippen LogP contribution is 2.27. The predicted molar refractivity (Wildman–Crippen MR) is 69.2 cm³/mol. The molecular weight excluding hydrogens is 283 g/mol. The maximum absolute atomic E-state index is 13.1. The number of carbonyl (C=O) groups excluding carboxylic acids is 1. The van der Waals surface area contributed by atoms with E-state index < -0.39 is 34.2 Å². The second-order valence-electron chi connectivity index (χ2n) is 5.05. The molecule has 1 heterocycles. The molecule has 2 atom stereocenters. The Morgan fingerprint density at radius 2 is 2.10 bits per heavy atom. The van der Waals surface area contributed by atoms with E-state index in [0.717, 1.165) is 12.1 Å². The summed E-state index contributed by atoms with van der Waals surface area (Å²) in [5.41, 5.74) is -0.855. The Labute approximate surface area is 119 Å². The summed E-state index contributed by atoms with van der Waals surface area (Å²) >= 11 is 0. The Bertz CT molecular complexity index is 619. The summed E-state index contributed by atoms with van der Waals surface area (Å²) in [7, 11) is 0. The maximum atomic E-state index is 13.1. The second kappa shape index (κ2) is 5.47. The summed E-state index contributed by atoms with van der Waals surface area (Å²) < 4.78 is 13.1. The minimum absolute atomic E-state index is 0.0101. The van der Waals surface area contributed by atoms with Crippen molar-refractivity contribution in [2.45, 2.75) is 6.92 Å². The molecule has 1 fully saturated rings. The van der Waals surface area contributed by atoms with Gasteiger partial charge in [0.2, 0.25) is 0 Å². The third-order valence-corrected chi connectivity index (χ3v) is 3.60. The number of benzene rings is 1. The number of hydrogen-bond acceptors (Lipinski definition) is 4. The number of amides is 1. The number of aliphatic carboxylic acids is 1. The number of nitrogens with zero attached hydrogens (tertiary/aromatic N) is 2. The van der Waals surface area contributed by atoms with Crippen LogP contribution in [0.2, 0.25) is 0 Å². The van der Waals surface area contributed by atoms with Crippen molar-refractivity contribution in [2.24, 2.45) is 11.8 Å². The van der Waals surface area contributed by atoms with E-state index in [-0.39, 0.29) is 24.6 Å². The topological polar surface area (TPSA) is 101 Å². The molecule has 2 unspecified atom stereocenters. The lowest BCUT2D eigenvalue weighted by atomic mass is 9.99. The lowest BCUT2D eigenvalue weighted by molar-refractivity contribution is -0.385. The lowest BCUT2D eigenvalue weighted by Gasteiger charge is -2.15. The van der Waals surface area contributed by atoms with E-state index >= 15 is 0 Å². The minimum Gasteiger partial charge on any atom is -0.481 e. The molecule has 112 valence electrons. The number of rotatable bonds is 3. The minimum atomic E-state index is -1.01. The number of hydrogen-bond donors (Lipinski definition) is 1. The van der Waals surface area contributed by atoms with Crippen LogP contribution in [-0.2, 0) is 4.79 Å². The third-order valence-electron chi connectivity index (χ3n) is 3.60. The van der Waals surface area contributed by atoms with Gasteiger partial charge in [-0.15, -0.1) is 0 Å². The van der Waals surface area contributed by atoms with Gasteiger partial charge in [-0.25, -0.2) is 4.39 Å². The first-order valence-corrected chi connectivity index (χ1v) is 6.27. The highest BCUT2D eigenvalue weighted by Gasteiger charge is 2.38. The molecule has 21 heavy (non-hydrogen) atoms. The predicted octanol–water partition coefficient (Wildman–Crippen LogP) is 1.53. The van der Waals surface area contributed by atoms with Crippen molar-refractivity contribution in [3.63, 3.8) is 0 Å². The average molecular weight is 296 g/mol. The Morgan fingerprint density at radius 3 is 2.62 bits per heavy atom. The molecule has 2 rings (SSSR count). The molecule has 8 heteroatoms. The molecule has 1 aromatic rings. The van der Waals surface area contributed by atoms with Gasteiger partial charge >= 0.3 is 5.97 Å². The van der Waals surface area contributed by atoms with Crippen molar-refractivity contribution in [1.82, 2.24) is 4.90 Å². The molecule has 1 aromatic carbocycles. The van der Waals surface area contributed by atoms with Gasteiger partial charge in [-0.3, -0.25) is 19.7 Å². The zero-order valence-corrected chi connectivity index (χ0v) is 11.2. The number of carboxylic acid groups (broad SMARTS) is 1. The summed E-state index contributed by atoms with van der Waals surface area (Å²) in [5.74, 6) is -3.42. The zero-order chi connectivity index (χ0) is 15.7. The Morgan fingerprint density at radius 1 is 1.43 bits per heavy atom. The van der Waals surface area contributed by atoms with Crippen LogP contribution in [0.5, 0.6) is 0 Å². The van der Waals surface area contributed by atoms with Crippen LogP contribution in [0.3, 0.4) is 0 Å². The average Bonchev–Trinajstić information content (AvgIpc) is 2.80. The number of nitro groups is 1. The Kier molecular flexibility index (Phi) is 3.88. The van der Waals surface area contributed by atoms with E-state index in [4.69, 9.17) is 5.11 Å². The fraction of sp³-hybridized carbons (Fsp3) is 0.385. The first kappa shape index (κ1) is 14.9. The molecule has 1 amide bonds. The molecule has 0 spiro atoms. The van der Waals surface area contributed by atoms with Crippen LogP contribution >= 0.6 is 0 Å². The molecule has 1 aliphatic heterocycles. The van der Waals surface area contributed by atoms with Gasteiger partial charge in [-0.1, -0.05) is 6.92 Å². The van der Waals surface area contributed by atoms with Gasteiger partial charge < -0.3 is 10.0 Å². The standard InChI is InChI=1S/C13H13FN2O5/c1-7-5-15(6-10(7)13(18)19)12(17)9-3-2-8(14)4-11(9)16(20)21/h2-4,7,10H,5-6H2,1H3,(H,18,19). The molecule has 7 nitrogen and oxygen atoms in total. The molecule has 0 aliphatic carbocycles. The van der Waals surface area contributed by atoms with Gasteiger partial charge in [0.25, 0.3) is 11.6 Å². The summed E-state index contributed by atoms with van der Waals surface area (Å²) in [6.07, 6.45) is 0. The van der Waals surface area contributed by atoms with E-state index in [2.05, 4.69) is 0 Å². The second-order valence-corrected chi connectivity index (χ2v) is 5.05. The van der Waals surface area contributed by atoms with Crippen LogP contribution in [0.25, 0.3) is 0 Å². The zero-order valence-electron chi connectivity index (χ0n) is 11.2. The van der Waals surface area contributed by atoms with E-state index in [0.29, 0.717) is 6.07 Å². The normalized spacial score (nSPS) is 21.3. The molecule has 1 saturated heterocycles. The van der Waals surface area contributed by atoms with Crippen LogP contribution in [0.15, 0.2) is 18.2 Å². The van der Waals surface area contributed by atoms with Gasteiger partial charge in [-0.2, -0.15) is 0 Å². The van der Waals surface area contributed by atoms with Gasteiger partial charge in [0.1, 0.15) is 11.4 Å². The monoisotopic (exact) mass is 296 g/mol. The SMILES string of the molecule is CC1CN(C(=O)c2ccc(F)cc2[N+](=O)[O-])CC1C(=O)O. The molecular formula is C13H13FN2O5. The quantitative estimate of drug-likeness (QED) is 0.673. The number of carbonyl (C=O) groups is 2. The van der Waals surface area contributed by atoms with E-state index in [1.54, 1.807) is 6.92 Å². The molecule has 0 aromatic heterocycles. The number of nitro benzene ring substituents is 1. The van der Waals surface area contributed by atoms with Gasteiger partial charge in [0.05, 0.1) is 16.9 Å². The van der Waals surface area contributed by atoms with Crippen molar-refractivity contribution in [1.29, 1.82) is 0 Å². The number of likely N-dealkylation sites (tertiary alicyclic amines) is 1. The maximum Gasteiger partial charge on any atom is 0.308 e.